The first kappa shape index (κ1) is 20.5. The van der Waals surface area contributed by atoms with E-state index in [-0.39, 0.29) is 35.3 Å². The highest BCUT2D eigenvalue weighted by molar-refractivity contribution is 7.91. The summed E-state index contributed by atoms with van der Waals surface area (Å²) in [4.78, 5) is 16.4. The van der Waals surface area contributed by atoms with Crippen LogP contribution in [0.5, 0.6) is 5.75 Å². The van der Waals surface area contributed by atoms with Gasteiger partial charge >= 0.3 is 11.8 Å². The number of aromatic nitrogens is 2. The van der Waals surface area contributed by atoms with Gasteiger partial charge in [-0.1, -0.05) is 35.0 Å². The zero-order valence-electron chi connectivity index (χ0n) is 16.1. The number of benzene rings is 2. The van der Waals surface area contributed by atoms with Crippen molar-refractivity contribution in [1.29, 1.82) is 0 Å². The first-order valence-corrected chi connectivity index (χ1v) is 10.6. The Kier molecular flexibility index (Phi) is 6.28. The molecule has 0 saturated carbocycles. The molecular weight excluding hydrogens is 394 g/mol. The lowest BCUT2D eigenvalue weighted by atomic mass is 10.2. The van der Waals surface area contributed by atoms with Crippen molar-refractivity contribution >= 4 is 15.7 Å². The van der Waals surface area contributed by atoms with Crippen LogP contribution >= 0.6 is 0 Å². The van der Waals surface area contributed by atoms with Gasteiger partial charge in [0.15, 0.2) is 15.7 Å². The van der Waals surface area contributed by atoms with E-state index in [1.54, 1.807) is 43.5 Å². The molecule has 9 heteroatoms. The summed E-state index contributed by atoms with van der Waals surface area (Å²) >= 11 is 0. The molecule has 1 aromatic heterocycles. The van der Waals surface area contributed by atoms with E-state index in [2.05, 4.69) is 15.5 Å². The molecule has 0 aliphatic carbocycles. The second-order valence-corrected chi connectivity index (χ2v) is 8.54. The Morgan fingerprint density at radius 2 is 1.93 bits per heavy atom. The molecule has 3 rings (SSSR count). The standard InChI is InChI=1S/C20H21N3O5S/c1-14-6-8-17(9-7-14)29(25,26)11-10-18-22-20(28-23-18)19(24)21-13-15-4-3-5-16(12-15)27-2/h3-9,12H,10-11,13H2,1-2H3,(H,21,24). The summed E-state index contributed by atoms with van der Waals surface area (Å²) in [5.74, 6) is -0.0806. The van der Waals surface area contributed by atoms with Gasteiger partial charge in [0.1, 0.15) is 5.75 Å². The van der Waals surface area contributed by atoms with E-state index >= 15 is 0 Å². The van der Waals surface area contributed by atoms with E-state index in [0.29, 0.717) is 5.75 Å². The lowest BCUT2D eigenvalue weighted by Crippen LogP contribution is -2.23. The fraction of sp³-hybridized carbons (Fsp3) is 0.250. The van der Waals surface area contributed by atoms with Gasteiger partial charge in [0.2, 0.25) is 0 Å². The fourth-order valence-electron chi connectivity index (χ4n) is 2.58. The summed E-state index contributed by atoms with van der Waals surface area (Å²) in [6, 6.07) is 13.9. The Bertz CT molecular complexity index is 1090. The average molecular weight is 415 g/mol. The molecule has 29 heavy (non-hydrogen) atoms. The molecule has 1 heterocycles. The number of ether oxygens (including phenoxy) is 1. The van der Waals surface area contributed by atoms with Crippen LogP contribution in [-0.2, 0) is 22.8 Å². The molecule has 152 valence electrons. The number of hydrogen-bond donors (Lipinski definition) is 1. The van der Waals surface area contributed by atoms with E-state index < -0.39 is 15.7 Å². The summed E-state index contributed by atoms with van der Waals surface area (Å²) in [5.41, 5.74) is 1.83. The zero-order valence-corrected chi connectivity index (χ0v) is 16.9. The predicted molar refractivity (Wildman–Crippen MR) is 105 cm³/mol. The number of aryl methyl sites for hydroxylation is 2. The molecule has 1 N–H and O–H groups in total. The van der Waals surface area contributed by atoms with E-state index in [1.165, 1.54) is 0 Å². The molecule has 0 aliphatic rings. The average Bonchev–Trinajstić information content (AvgIpc) is 3.20. The van der Waals surface area contributed by atoms with Crippen molar-refractivity contribution < 1.29 is 22.5 Å². The first-order valence-electron chi connectivity index (χ1n) is 8.90. The highest BCUT2D eigenvalue weighted by atomic mass is 32.2. The van der Waals surface area contributed by atoms with Crippen LogP contribution < -0.4 is 10.1 Å². The van der Waals surface area contributed by atoms with Crippen molar-refractivity contribution in [2.24, 2.45) is 0 Å². The van der Waals surface area contributed by atoms with Crippen molar-refractivity contribution in [2.45, 2.75) is 24.8 Å². The monoisotopic (exact) mass is 415 g/mol. The molecule has 2 aromatic carbocycles. The van der Waals surface area contributed by atoms with Gasteiger partial charge in [-0.15, -0.1) is 0 Å². The summed E-state index contributed by atoms with van der Waals surface area (Å²) in [7, 11) is -1.91. The number of rotatable bonds is 8. The van der Waals surface area contributed by atoms with Gasteiger partial charge < -0.3 is 14.6 Å². The number of amides is 1. The Balaban J connectivity index is 1.57. The summed E-state index contributed by atoms with van der Waals surface area (Å²) in [5, 5.41) is 6.37. The van der Waals surface area contributed by atoms with Crippen LogP contribution in [0.2, 0.25) is 0 Å². The largest absolute Gasteiger partial charge is 0.497 e. The molecule has 3 aromatic rings. The molecule has 0 fully saturated rings. The number of sulfone groups is 1. The normalized spacial score (nSPS) is 11.2. The molecule has 1 amide bonds. The first-order chi connectivity index (χ1) is 13.9. The van der Waals surface area contributed by atoms with Crippen LogP contribution in [0.4, 0.5) is 0 Å². The van der Waals surface area contributed by atoms with Crippen LogP contribution in [0.1, 0.15) is 27.6 Å². The van der Waals surface area contributed by atoms with Crippen molar-refractivity contribution in [2.75, 3.05) is 12.9 Å². The van der Waals surface area contributed by atoms with Crippen LogP contribution in [-0.4, -0.2) is 37.3 Å². The maximum atomic E-state index is 12.4. The Labute approximate surface area is 168 Å². The van der Waals surface area contributed by atoms with Gasteiger partial charge in [-0.3, -0.25) is 4.79 Å². The quantitative estimate of drug-likeness (QED) is 0.601. The summed E-state index contributed by atoms with van der Waals surface area (Å²) in [6.45, 7) is 2.14. The number of carbonyl (C=O) groups is 1. The smallest absolute Gasteiger partial charge is 0.315 e. The van der Waals surface area contributed by atoms with Crippen molar-refractivity contribution in [3.05, 3.63) is 71.4 Å². The minimum absolute atomic E-state index is 0.0445. The van der Waals surface area contributed by atoms with Gasteiger partial charge in [-0.2, -0.15) is 4.98 Å². The fourth-order valence-corrected chi connectivity index (χ4v) is 3.81. The Morgan fingerprint density at radius 3 is 2.66 bits per heavy atom. The second-order valence-electron chi connectivity index (χ2n) is 6.43. The van der Waals surface area contributed by atoms with E-state index in [1.807, 2.05) is 19.1 Å². The van der Waals surface area contributed by atoms with Crippen LogP contribution in [0.3, 0.4) is 0 Å². The molecule has 0 radical (unpaired) electrons. The van der Waals surface area contributed by atoms with E-state index in [0.717, 1.165) is 11.1 Å². The van der Waals surface area contributed by atoms with Crippen molar-refractivity contribution in [3.63, 3.8) is 0 Å². The van der Waals surface area contributed by atoms with E-state index in [4.69, 9.17) is 9.26 Å². The Morgan fingerprint density at radius 1 is 1.17 bits per heavy atom. The molecule has 0 saturated heterocycles. The second kappa shape index (κ2) is 8.87. The van der Waals surface area contributed by atoms with Crippen molar-refractivity contribution in [1.82, 2.24) is 15.5 Å². The molecule has 0 atom stereocenters. The van der Waals surface area contributed by atoms with Gasteiger partial charge in [-0.25, -0.2) is 8.42 Å². The van der Waals surface area contributed by atoms with E-state index in [9.17, 15) is 13.2 Å². The molecule has 0 spiro atoms. The lowest BCUT2D eigenvalue weighted by molar-refractivity contribution is 0.0907. The molecule has 0 bridgehead atoms. The maximum Gasteiger partial charge on any atom is 0.315 e. The molecule has 0 aliphatic heterocycles. The highest BCUT2D eigenvalue weighted by Gasteiger charge is 2.19. The van der Waals surface area contributed by atoms with Crippen LogP contribution in [0.15, 0.2) is 57.9 Å². The zero-order chi connectivity index (χ0) is 20.9. The number of nitrogens with one attached hydrogen (secondary N) is 1. The van der Waals surface area contributed by atoms with Gasteiger partial charge in [0.25, 0.3) is 0 Å². The number of hydrogen-bond acceptors (Lipinski definition) is 7. The number of methoxy groups -OCH3 is 1. The van der Waals surface area contributed by atoms with Crippen LogP contribution in [0.25, 0.3) is 0 Å². The topological polar surface area (TPSA) is 111 Å². The third kappa shape index (κ3) is 5.41. The lowest BCUT2D eigenvalue weighted by Gasteiger charge is -2.05. The van der Waals surface area contributed by atoms with Gasteiger partial charge in [-0.05, 0) is 36.8 Å². The van der Waals surface area contributed by atoms with Gasteiger partial charge in [0, 0.05) is 13.0 Å². The predicted octanol–water partition coefficient (Wildman–Crippen LogP) is 2.33. The molecule has 0 unspecified atom stereocenters. The molecular formula is C20H21N3O5S. The summed E-state index contributed by atoms with van der Waals surface area (Å²) in [6.07, 6.45) is 0.0445. The maximum absolute atomic E-state index is 12.4. The highest BCUT2D eigenvalue weighted by Crippen LogP contribution is 2.14. The van der Waals surface area contributed by atoms with Crippen molar-refractivity contribution in [3.8, 4) is 5.75 Å². The Hall–Kier alpha value is -3.20. The SMILES string of the molecule is COc1cccc(CNC(=O)c2nc(CCS(=O)(=O)c3ccc(C)cc3)no2)c1. The summed E-state index contributed by atoms with van der Waals surface area (Å²) < 4.78 is 34.9. The third-order valence-corrected chi connectivity index (χ3v) is 5.96. The number of carbonyl (C=O) groups excluding carboxylic acids is 1. The minimum Gasteiger partial charge on any atom is -0.497 e. The minimum atomic E-state index is -3.47. The van der Waals surface area contributed by atoms with Crippen LogP contribution in [0, 0.1) is 6.92 Å². The third-order valence-electron chi connectivity index (χ3n) is 4.22. The molecule has 8 nitrogen and oxygen atoms in total. The number of nitrogens with zero attached hydrogens (tertiary/aromatic N) is 2. The van der Waals surface area contributed by atoms with Gasteiger partial charge in [0.05, 0.1) is 17.8 Å².